The highest BCUT2D eigenvalue weighted by molar-refractivity contribution is 7.21. The summed E-state index contributed by atoms with van der Waals surface area (Å²) in [5.41, 5.74) is 6.92. The van der Waals surface area contributed by atoms with Crippen LogP contribution in [0.3, 0.4) is 0 Å². The van der Waals surface area contributed by atoms with Crippen molar-refractivity contribution >= 4 is 33.3 Å². The number of hydrogen-bond acceptors (Lipinski definition) is 6. The van der Waals surface area contributed by atoms with Crippen molar-refractivity contribution in [1.29, 1.82) is 0 Å². The lowest BCUT2D eigenvalue weighted by molar-refractivity contribution is 0.0910. The van der Waals surface area contributed by atoms with E-state index < -0.39 is 0 Å². The fraction of sp³-hybridized carbons (Fsp3) is 0.500. The second-order valence-corrected chi connectivity index (χ2v) is 6.10. The normalized spacial score (nSPS) is 11.2. The molecule has 0 spiro atoms. The molecule has 0 saturated heterocycles. The van der Waals surface area contributed by atoms with Crippen LogP contribution in [0.4, 0.5) is 5.69 Å². The number of nitrogens with zero attached hydrogens (tertiary/aromatic N) is 2. The quantitative estimate of drug-likeness (QED) is 0.764. The molecule has 2 rings (SSSR count). The predicted octanol–water partition coefficient (Wildman–Crippen LogP) is 2.07. The monoisotopic (exact) mass is 308 g/mol. The summed E-state index contributed by atoms with van der Waals surface area (Å²) in [5, 5.41) is 2.80. The summed E-state index contributed by atoms with van der Waals surface area (Å²) >= 11 is 1.25. The molecule has 2 aromatic rings. The van der Waals surface area contributed by atoms with E-state index in [1.807, 2.05) is 0 Å². The van der Waals surface area contributed by atoms with Gasteiger partial charge in [-0.15, -0.1) is 11.3 Å². The van der Waals surface area contributed by atoms with E-state index in [2.05, 4.69) is 29.1 Å². The average molecular weight is 308 g/mol. The number of anilines is 1. The molecule has 0 bridgehead atoms. The molecular formula is C14H20N4O2S. The van der Waals surface area contributed by atoms with Crippen molar-refractivity contribution in [2.24, 2.45) is 5.92 Å². The van der Waals surface area contributed by atoms with Crippen LogP contribution in [-0.4, -0.2) is 35.6 Å². The topological polar surface area (TPSA) is 90.1 Å². The highest BCUT2D eigenvalue weighted by Crippen LogP contribution is 2.30. The Morgan fingerprint density at radius 2 is 2.14 bits per heavy atom. The van der Waals surface area contributed by atoms with Crippen molar-refractivity contribution in [3.05, 3.63) is 17.3 Å². The Bertz CT molecular complexity index is 612. The lowest BCUT2D eigenvalue weighted by atomic mass is 10.1. The maximum atomic E-state index is 12.1. The molecule has 3 N–H and O–H groups in total. The fourth-order valence-corrected chi connectivity index (χ4v) is 2.69. The minimum Gasteiger partial charge on any atom is -0.396 e. The molecule has 0 aliphatic carbocycles. The lowest BCUT2D eigenvalue weighted by Crippen LogP contribution is -2.27. The Hall–Kier alpha value is -1.73. The molecule has 7 heteroatoms. The van der Waals surface area contributed by atoms with Gasteiger partial charge in [0, 0.05) is 25.5 Å². The van der Waals surface area contributed by atoms with E-state index in [9.17, 15) is 4.79 Å². The Balaban J connectivity index is 1.84. The summed E-state index contributed by atoms with van der Waals surface area (Å²) in [6.07, 6.45) is 4.17. The van der Waals surface area contributed by atoms with Crippen LogP contribution in [0, 0.1) is 5.92 Å². The van der Waals surface area contributed by atoms with Crippen LogP contribution in [0.2, 0.25) is 0 Å². The van der Waals surface area contributed by atoms with Crippen molar-refractivity contribution < 1.29 is 9.53 Å². The molecule has 6 nitrogen and oxygen atoms in total. The van der Waals surface area contributed by atoms with Crippen LogP contribution in [0.15, 0.2) is 12.4 Å². The number of amides is 1. The zero-order valence-electron chi connectivity index (χ0n) is 12.3. The average Bonchev–Trinajstić information content (AvgIpc) is 2.80. The van der Waals surface area contributed by atoms with Gasteiger partial charge in [0.05, 0.1) is 12.3 Å². The first-order chi connectivity index (χ1) is 10.1. The standard InChI is InChI=1S/C14H20N4O2S/c1-9(2)3-7-20-8-6-17-13(19)12-10(15)11-14(21-12)18-5-4-16-11/h4-5,9H,3,6-8,15H2,1-2H3,(H,17,19). The van der Waals surface area contributed by atoms with Gasteiger partial charge in [-0.1, -0.05) is 13.8 Å². The molecular weight excluding hydrogens is 288 g/mol. The molecule has 0 atom stereocenters. The number of nitrogens with one attached hydrogen (secondary N) is 1. The van der Waals surface area contributed by atoms with Crippen LogP contribution < -0.4 is 11.1 Å². The van der Waals surface area contributed by atoms with Gasteiger partial charge in [-0.25, -0.2) is 9.97 Å². The second-order valence-electron chi connectivity index (χ2n) is 5.11. The third kappa shape index (κ3) is 4.12. The third-order valence-corrected chi connectivity index (χ3v) is 4.04. The summed E-state index contributed by atoms with van der Waals surface area (Å²) in [6, 6.07) is 0. The maximum Gasteiger partial charge on any atom is 0.263 e. The summed E-state index contributed by atoms with van der Waals surface area (Å²) in [7, 11) is 0. The summed E-state index contributed by atoms with van der Waals surface area (Å²) < 4.78 is 5.45. The van der Waals surface area contributed by atoms with Gasteiger partial charge >= 0.3 is 0 Å². The van der Waals surface area contributed by atoms with Crippen molar-refractivity contribution in [1.82, 2.24) is 15.3 Å². The molecule has 0 unspecified atom stereocenters. The van der Waals surface area contributed by atoms with E-state index in [4.69, 9.17) is 10.5 Å². The van der Waals surface area contributed by atoms with Crippen LogP contribution in [-0.2, 0) is 4.74 Å². The summed E-state index contributed by atoms with van der Waals surface area (Å²) in [5.74, 6) is 0.419. The summed E-state index contributed by atoms with van der Waals surface area (Å²) in [4.78, 5) is 21.5. The highest BCUT2D eigenvalue weighted by atomic mass is 32.1. The van der Waals surface area contributed by atoms with Crippen molar-refractivity contribution in [3.63, 3.8) is 0 Å². The largest absolute Gasteiger partial charge is 0.396 e. The van der Waals surface area contributed by atoms with Crippen molar-refractivity contribution in [2.45, 2.75) is 20.3 Å². The van der Waals surface area contributed by atoms with Crippen LogP contribution in [0.1, 0.15) is 29.9 Å². The number of thiophene rings is 1. The van der Waals surface area contributed by atoms with E-state index >= 15 is 0 Å². The first-order valence-electron chi connectivity index (χ1n) is 6.94. The molecule has 1 amide bonds. The number of nitrogen functional groups attached to an aromatic ring is 1. The number of fused-ring (bicyclic) bond motifs is 1. The van der Waals surface area contributed by atoms with Crippen molar-refractivity contribution in [2.75, 3.05) is 25.5 Å². The Labute approximate surface area is 127 Å². The second kappa shape index (κ2) is 7.33. The maximum absolute atomic E-state index is 12.1. The van der Waals surface area contributed by atoms with Gasteiger partial charge in [0.1, 0.15) is 15.2 Å². The molecule has 0 fully saturated rings. The Morgan fingerprint density at radius 1 is 1.38 bits per heavy atom. The Kier molecular flexibility index (Phi) is 5.46. The van der Waals surface area contributed by atoms with Crippen LogP contribution in [0.25, 0.3) is 10.3 Å². The molecule has 0 aliphatic rings. The SMILES string of the molecule is CC(C)CCOCCNC(=O)c1sc2nccnc2c1N. The number of carbonyl (C=O) groups is 1. The van der Waals surface area contributed by atoms with Gasteiger partial charge in [0.2, 0.25) is 0 Å². The molecule has 0 aromatic carbocycles. The molecule has 0 aliphatic heterocycles. The van der Waals surface area contributed by atoms with Crippen LogP contribution in [0.5, 0.6) is 0 Å². The first kappa shape index (κ1) is 15.7. The number of rotatable bonds is 7. The number of ether oxygens (including phenoxy) is 1. The lowest BCUT2D eigenvalue weighted by Gasteiger charge is -2.07. The van der Waals surface area contributed by atoms with Crippen LogP contribution >= 0.6 is 11.3 Å². The molecule has 21 heavy (non-hydrogen) atoms. The molecule has 2 heterocycles. The predicted molar refractivity (Wildman–Crippen MR) is 84.4 cm³/mol. The van der Waals surface area contributed by atoms with E-state index in [1.54, 1.807) is 12.4 Å². The number of aromatic nitrogens is 2. The zero-order chi connectivity index (χ0) is 15.2. The van der Waals surface area contributed by atoms with E-state index in [1.165, 1.54) is 11.3 Å². The number of nitrogens with two attached hydrogens (primary N) is 1. The zero-order valence-corrected chi connectivity index (χ0v) is 13.1. The van der Waals surface area contributed by atoms with Gasteiger partial charge in [0.15, 0.2) is 0 Å². The molecule has 0 saturated carbocycles. The smallest absolute Gasteiger partial charge is 0.263 e. The number of hydrogen-bond donors (Lipinski definition) is 2. The van der Waals surface area contributed by atoms with Gasteiger partial charge in [0.25, 0.3) is 5.91 Å². The fourth-order valence-electron chi connectivity index (χ4n) is 1.75. The van der Waals surface area contributed by atoms with E-state index in [0.717, 1.165) is 6.42 Å². The van der Waals surface area contributed by atoms with Gasteiger partial charge in [-0.3, -0.25) is 4.79 Å². The minimum absolute atomic E-state index is 0.204. The minimum atomic E-state index is -0.204. The highest BCUT2D eigenvalue weighted by Gasteiger charge is 2.17. The molecule has 0 radical (unpaired) electrons. The molecule has 114 valence electrons. The van der Waals surface area contributed by atoms with Gasteiger partial charge in [-0.2, -0.15) is 0 Å². The molecule has 2 aromatic heterocycles. The van der Waals surface area contributed by atoms with E-state index in [0.29, 0.717) is 46.6 Å². The Morgan fingerprint density at radius 3 is 2.86 bits per heavy atom. The van der Waals surface area contributed by atoms with Gasteiger partial charge < -0.3 is 15.8 Å². The number of carbonyl (C=O) groups excluding carboxylic acids is 1. The van der Waals surface area contributed by atoms with Crippen molar-refractivity contribution in [3.8, 4) is 0 Å². The third-order valence-electron chi connectivity index (χ3n) is 2.94. The van der Waals surface area contributed by atoms with Gasteiger partial charge in [-0.05, 0) is 12.3 Å². The summed E-state index contributed by atoms with van der Waals surface area (Å²) in [6.45, 7) is 5.98. The van der Waals surface area contributed by atoms with E-state index in [-0.39, 0.29) is 5.91 Å². The first-order valence-corrected chi connectivity index (χ1v) is 7.76.